The molecular weight excluding hydrogens is 260 g/mol. The zero-order chi connectivity index (χ0) is 14.1. The predicted molar refractivity (Wildman–Crippen MR) is 53.7 cm³/mol. The van der Waals surface area contributed by atoms with Crippen molar-refractivity contribution in [3.63, 3.8) is 0 Å². The van der Waals surface area contributed by atoms with Crippen LogP contribution in [0.2, 0.25) is 0 Å². The van der Waals surface area contributed by atoms with Crippen LogP contribution in [0.3, 0.4) is 0 Å². The lowest BCUT2D eigenvalue weighted by Gasteiger charge is -2.24. The fourth-order valence-corrected chi connectivity index (χ4v) is 1.42. The van der Waals surface area contributed by atoms with Crippen molar-refractivity contribution in [2.45, 2.75) is 31.5 Å². The number of rotatable bonds is 3. The molecule has 0 saturated heterocycles. The third-order valence-electron chi connectivity index (χ3n) is 2.45. The highest BCUT2D eigenvalue weighted by Crippen LogP contribution is 2.33. The first-order chi connectivity index (χ1) is 8.05. The highest BCUT2D eigenvalue weighted by Gasteiger charge is 2.37. The topological polar surface area (TPSA) is 26.0 Å². The van der Waals surface area contributed by atoms with Gasteiger partial charge in [-0.05, 0) is 25.0 Å². The van der Waals surface area contributed by atoms with E-state index in [-0.39, 0.29) is 0 Å². The van der Waals surface area contributed by atoms with E-state index < -0.39 is 41.5 Å². The van der Waals surface area contributed by atoms with Crippen molar-refractivity contribution in [2.75, 3.05) is 0 Å². The zero-order valence-corrected chi connectivity index (χ0v) is 9.36. The number of hydrogen-bond donors (Lipinski definition) is 1. The van der Waals surface area contributed by atoms with Gasteiger partial charge in [-0.15, -0.1) is 0 Å². The van der Waals surface area contributed by atoms with Crippen LogP contribution in [-0.2, 0) is 12.6 Å². The lowest BCUT2D eigenvalue weighted by atomic mass is 9.93. The monoisotopic (exact) mass is 271 g/mol. The molecule has 7 heteroatoms. The smallest absolute Gasteiger partial charge is 0.320 e. The van der Waals surface area contributed by atoms with Crippen molar-refractivity contribution < 1.29 is 26.3 Å². The Morgan fingerprint density at radius 1 is 1.22 bits per heavy atom. The number of benzene rings is 1. The highest BCUT2D eigenvalue weighted by atomic mass is 19.4. The molecule has 0 heterocycles. The van der Waals surface area contributed by atoms with Gasteiger partial charge in [-0.1, -0.05) is 12.1 Å². The van der Waals surface area contributed by atoms with Crippen molar-refractivity contribution in [3.8, 4) is 0 Å². The summed E-state index contributed by atoms with van der Waals surface area (Å²) in [5.41, 5.74) is 1.19. The van der Waals surface area contributed by atoms with Crippen LogP contribution < -0.4 is 5.73 Å². The quantitative estimate of drug-likeness (QED) is 0.838. The Balaban J connectivity index is 3.13. The second-order valence-corrected chi connectivity index (χ2v) is 4.26. The first-order valence-corrected chi connectivity index (χ1v) is 4.97. The molecule has 1 aromatic carbocycles. The summed E-state index contributed by atoms with van der Waals surface area (Å²) in [6.07, 6.45) is -8.51. The van der Waals surface area contributed by atoms with E-state index >= 15 is 0 Å². The van der Waals surface area contributed by atoms with Gasteiger partial charge in [0.25, 0.3) is 6.43 Å². The summed E-state index contributed by atoms with van der Waals surface area (Å²) >= 11 is 0. The van der Waals surface area contributed by atoms with Gasteiger partial charge in [-0.25, -0.2) is 13.2 Å². The summed E-state index contributed by atoms with van der Waals surface area (Å²) in [7, 11) is 0. The maximum atomic E-state index is 13.5. The van der Waals surface area contributed by atoms with E-state index in [1.54, 1.807) is 0 Å². The molecule has 2 N–H and O–H groups in total. The first kappa shape index (κ1) is 14.8. The fraction of sp³-hybridized carbons (Fsp3) is 0.455. The number of hydrogen-bond acceptors (Lipinski definition) is 1. The van der Waals surface area contributed by atoms with Crippen molar-refractivity contribution in [1.82, 2.24) is 0 Å². The van der Waals surface area contributed by atoms with Gasteiger partial charge in [0.15, 0.2) is 0 Å². The van der Waals surface area contributed by atoms with Crippen LogP contribution in [0, 0.1) is 5.82 Å². The lowest BCUT2D eigenvalue weighted by molar-refractivity contribution is -0.140. The Labute approximate surface area is 99.6 Å². The minimum absolute atomic E-state index is 0.477. The van der Waals surface area contributed by atoms with Crippen LogP contribution in [0.5, 0.6) is 0 Å². The molecule has 0 fully saturated rings. The van der Waals surface area contributed by atoms with Gasteiger partial charge in [0.1, 0.15) is 5.82 Å². The van der Waals surface area contributed by atoms with Crippen LogP contribution in [0.1, 0.15) is 18.1 Å². The molecule has 0 spiro atoms. The van der Waals surface area contributed by atoms with Crippen LogP contribution in [0.25, 0.3) is 0 Å². The number of halogens is 6. The average Bonchev–Trinajstić information content (AvgIpc) is 2.18. The molecule has 0 saturated carbocycles. The van der Waals surface area contributed by atoms with Crippen molar-refractivity contribution in [1.29, 1.82) is 0 Å². The lowest BCUT2D eigenvalue weighted by Crippen LogP contribution is -2.46. The molecule has 0 radical (unpaired) electrons. The standard InChI is InChI=1S/C11H11F6N/c1-10(18,9(13)14)5-6-3-2-4-7(8(6)12)11(15,16)17/h2-4,9H,5,18H2,1H3. The minimum atomic E-state index is -4.87. The van der Waals surface area contributed by atoms with E-state index in [0.29, 0.717) is 6.07 Å². The van der Waals surface area contributed by atoms with Crippen molar-refractivity contribution >= 4 is 0 Å². The Kier molecular flexibility index (Phi) is 3.95. The molecular formula is C11H11F6N. The molecule has 102 valence electrons. The molecule has 0 aliphatic heterocycles. The van der Waals surface area contributed by atoms with E-state index in [9.17, 15) is 26.3 Å². The fourth-order valence-electron chi connectivity index (χ4n) is 1.42. The molecule has 0 amide bonds. The Morgan fingerprint density at radius 2 is 1.78 bits per heavy atom. The van der Waals surface area contributed by atoms with Crippen molar-refractivity contribution in [2.24, 2.45) is 5.73 Å². The molecule has 0 aliphatic rings. The van der Waals surface area contributed by atoms with Crippen LogP contribution >= 0.6 is 0 Å². The van der Waals surface area contributed by atoms with Gasteiger partial charge in [-0.2, -0.15) is 13.2 Å². The average molecular weight is 271 g/mol. The minimum Gasteiger partial charge on any atom is -0.320 e. The normalized spacial score (nSPS) is 15.8. The van der Waals surface area contributed by atoms with E-state index in [1.807, 2.05) is 0 Å². The molecule has 1 atom stereocenters. The van der Waals surface area contributed by atoms with E-state index in [1.165, 1.54) is 0 Å². The second-order valence-electron chi connectivity index (χ2n) is 4.26. The molecule has 18 heavy (non-hydrogen) atoms. The second kappa shape index (κ2) is 4.79. The third kappa shape index (κ3) is 3.16. The van der Waals surface area contributed by atoms with Gasteiger partial charge < -0.3 is 5.73 Å². The molecule has 1 aromatic rings. The van der Waals surface area contributed by atoms with E-state index in [2.05, 4.69) is 0 Å². The summed E-state index contributed by atoms with van der Waals surface area (Å²) in [5, 5.41) is 0. The zero-order valence-electron chi connectivity index (χ0n) is 9.36. The van der Waals surface area contributed by atoms with E-state index in [0.717, 1.165) is 19.1 Å². The summed E-state index contributed by atoms with van der Waals surface area (Å²) < 4.78 is 75.7. The van der Waals surface area contributed by atoms with Gasteiger partial charge in [0.2, 0.25) is 0 Å². The van der Waals surface area contributed by atoms with Crippen molar-refractivity contribution in [3.05, 3.63) is 35.1 Å². The Bertz CT molecular complexity index is 424. The van der Waals surface area contributed by atoms with Crippen LogP contribution in [0.15, 0.2) is 18.2 Å². The molecule has 1 nitrogen and oxygen atoms in total. The molecule has 1 unspecified atom stereocenters. The van der Waals surface area contributed by atoms with Gasteiger partial charge in [0, 0.05) is 0 Å². The highest BCUT2D eigenvalue weighted by molar-refractivity contribution is 5.29. The van der Waals surface area contributed by atoms with Gasteiger partial charge in [0.05, 0.1) is 11.1 Å². The Hall–Kier alpha value is -1.24. The van der Waals surface area contributed by atoms with Gasteiger partial charge >= 0.3 is 6.18 Å². The first-order valence-electron chi connectivity index (χ1n) is 4.97. The molecule has 0 aromatic heterocycles. The molecule has 1 rings (SSSR count). The van der Waals surface area contributed by atoms with Gasteiger partial charge in [-0.3, -0.25) is 0 Å². The summed E-state index contributed by atoms with van der Waals surface area (Å²) in [4.78, 5) is 0. The third-order valence-corrected chi connectivity index (χ3v) is 2.45. The van der Waals surface area contributed by atoms with Crippen LogP contribution in [0.4, 0.5) is 26.3 Å². The van der Waals surface area contributed by atoms with Crippen LogP contribution in [-0.4, -0.2) is 12.0 Å². The maximum Gasteiger partial charge on any atom is 0.419 e. The Morgan fingerprint density at radius 3 is 2.22 bits per heavy atom. The SMILES string of the molecule is CC(N)(Cc1cccc(C(F)(F)F)c1F)C(F)F. The summed E-state index contributed by atoms with van der Waals surface area (Å²) in [6.45, 7) is 0.956. The molecule has 0 bridgehead atoms. The number of alkyl halides is 5. The summed E-state index contributed by atoms with van der Waals surface area (Å²) in [6, 6.07) is 2.52. The van der Waals surface area contributed by atoms with E-state index in [4.69, 9.17) is 5.73 Å². The maximum absolute atomic E-state index is 13.5. The predicted octanol–water partition coefficient (Wildman–Crippen LogP) is 3.37. The molecule has 0 aliphatic carbocycles. The summed E-state index contributed by atoms with van der Waals surface area (Å²) in [5.74, 6) is -1.55. The largest absolute Gasteiger partial charge is 0.419 e. The number of nitrogens with two attached hydrogens (primary N) is 1.